The lowest BCUT2D eigenvalue weighted by atomic mass is 10.4. The quantitative estimate of drug-likeness (QED) is 0.624. The summed E-state index contributed by atoms with van der Waals surface area (Å²) in [6, 6.07) is 7.28. The van der Waals surface area contributed by atoms with Crippen molar-refractivity contribution in [1.29, 1.82) is 0 Å². The van der Waals surface area contributed by atoms with E-state index in [1.807, 2.05) is 18.2 Å². The Kier molecular flexibility index (Phi) is 2.04. The first kappa shape index (κ1) is 9.77. The fourth-order valence-electron chi connectivity index (χ4n) is 1.90. The minimum absolute atomic E-state index is 0.119. The largest absolute Gasteiger partial charge is 0.334 e. The molecule has 0 saturated heterocycles. The first-order valence-corrected chi connectivity index (χ1v) is 5.22. The fraction of sp³-hybridized carbons (Fsp3) is 0.0833. The predicted octanol–water partition coefficient (Wildman–Crippen LogP) is 1.12. The number of aromatic nitrogens is 4. The summed E-state index contributed by atoms with van der Waals surface area (Å²) < 4.78 is 3.15. The van der Waals surface area contributed by atoms with E-state index in [1.165, 1.54) is 0 Å². The van der Waals surface area contributed by atoms with Crippen molar-refractivity contribution in [3.8, 4) is 5.82 Å². The second kappa shape index (κ2) is 3.55. The molecule has 0 unspecified atom stereocenters. The Bertz CT molecular complexity index is 727. The Morgan fingerprint density at radius 2 is 2.00 bits per heavy atom. The van der Waals surface area contributed by atoms with E-state index in [0.29, 0.717) is 5.82 Å². The van der Waals surface area contributed by atoms with Crippen LogP contribution in [-0.4, -0.2) is 19.1 Å². The number of nitrogens with zero attached hydrogens (tertiary/aromatic N) is 4. The van der Waals surface area contributed by atoms with Crippen molar-refractivity contribution in [3.63, 3.8) is 0 Å². The molecular formula is C12H10N4O. The molecule has 3 heterocycles. The standard InChI is InChI=1S/C12H10N4O/c1-15-9-5-7-13-8-10(9)16(12(15)17)11-4-2-3-6-14-11/h2-8H,1H3. The third kappa shape index (κ3) is 1.36. The summed E-state index contributed by atoms with van der Waals surface area (Å²) in [5, 5.41) is 0. The van der Waals surface area contributed by atoms with Crippen LogP contribution in [0.2, 0.25) is 0 Å². The van der Waals surface area contributed by atoms with E-state index in [4.69, 9.17) is 0 Å². The van der Waals surface area contributed by atoms with Gasteiger partial charge in [-0.25, -0.2) is 14.3 Å². The molecule has 0 aliphatic rings. The molecule has 0 spiro atoms. The summed E-state index contributed by atoms with van der Waals surface area (Å²) in [5.74, 6) is 0.607. The van der Waals surface area contributed by atoms with Crippen molar-refractivity contribution in [2.24, 2.45) is 7.05 Å². The third-order valence-electron chi connectivity index (χ3n) is 2.74. The second-order valence-electron chi connectivity index (χ2n) is 3.73. The Morgan fingerprint density at radius 1 is 1.12 bits per heavy atom. The molecule has 3 aromatic heterocycles. The lowest BCUT2D eigenvalue weighted by Crippen LogP contribution is -2.21. The van der Waals surface area contributed by atoms with Crippen LogP contribution in [0.1, 0.15) is 0 Å². The zero-order chi connectivity index (χ0) is 11.8. The molecule has 5 heteroatoms. The number of hydrogen-bond donors (Lipinski definition) is 0. The molecule has 0 bridgehead atoms. The van der Waals surface area contributed by atoms with Crippen LogP contribution in [0.3, 0.4) is 0 Å². The van der Waals surface area contributed by atoms with Crippen LogP contribution >= 0.6 is 0 Å². The maximum atomic E-state index is 12.1. The Labute approximate surface area is 97.0 Å². The highest BCUT2D eigenvalue weighted by Gasteiger charge is 2.12. The molecule has 0 saturated carbocycles. The minimum Gasteiger partial charge on any atom is -0.295 e. The van der Waals surface area contributed by atoms with Gasteiger partial charge in [-0.1, -0.05) is 6.07 Å². The number of imidazole rings is 1. The van der Waals surface area contributed by atoms with E-state index in [1.54, 1.807) is 40.8 Å². The summed E-state index contributed by atoms with van der Waals surface area (Å²) in [6.07, 6.45) is 5.01. The van der Waals surface area contributed by atoms with Gasteiger partial charge in [0.2, 0.25) is 0 Å². The minimum atomic E-state index is -0.119. The van der Waals surface area contributed by atoms with E-state index >= 15 is 0 Å². The molecule has 84 valence electrons. The van der Waals surface area contributed by atoms with E-state index in [-0.39, 0.29) is 5.69 Å². The second-order valence-corrected chi connectivity index (χ2v) is 3.73. The van der Waals surface area contributed by atoms with E-state index < -0.39 is 0 Å². The van der Waals surface area contributed by atoms with E-state index in [0.717, 1.165) is 11.0 Å². The van der Waals surface area contributed by atoms with Crippen LogP contribution in [0.25, 0.3) is 16.9 Å². The smallest absolute Gasteiger partial charge is 0.295 e. The highest BCUT2D eigenvalue weighted by molar-refractivity contribution is 5.76. The van der Waals surface area contributed by atoms with Gasteiger partial charge in [0.25, 0.3) is 0 Å². The first-order valence-electron chi connectivity index (χ1n) is 5.22. The number of hydrogen-bond acceptors (Lipinski definition) is 3. The molecule has 5 nitrogen and oxygen atoms in total. The number of pyridine rings is 2. The van der Waals surface area contributed by atoms with Crippen LogP contribution in [0.15, 0.2) is 47.7 Å². The van der Waals surface area contributed by atoms with Gasteiger partial charge < -0.3 is 0 Å². The van der Waals surface area contributed by atoms with Crippen molar-refractivity contribution in [3.05, 3.63) is 53.3 Å². The van der Waals surface area contributed by atoms with Crippen LogP contribution in [0, 0.1) is 0 Å². The highest BCUT2D eigenvalue weighted by atomic mass is 16.1. The first-order chi connectivity index (χ1) is 8.29. The molecule has 3 aromatic rings. The number of aryl methyl sites for hydroxylation is 1. The average Bonchev–Trinajstić information content (AvgIpc) is 2.64. The van der Waals surface area contributed by atoms with Crippen LogP contribution < -0.4 is 5.69 Å². The maximum absolute atomic E-state index is 12.1. The summed E-state index contributed by atoms with van der Waals surface area (Å²) in [6.45, 7) is 0. The van der Waals surface area contributed by atoms with Gasteiger partial charge in [-0.3, -0.25) is 9.55 Å². The number of fused-ring (bicyclic) bond motifs is 1. The Balaban J connectivity index is 2.45. The van der Waals surface area contributed by atoms with Gasteiger partial charge in [0.05, 0.1) is 17.2 Å². The zero-order valence-corrected chi connectivity index (χ0v) is 9.24. The molecule has 3 rings (SSSR count). The Hall–Kier alpha value is -2.43. The SMILES string of the molecule is Cn1c(=O)n(-c2ccccn2)c2cnccc21. The van der Waals surface area contributed by atoms with Crippen molar-refractivity contribution < 1.29 is 0 Å². The van der Waals surface area contributed by atoms with Crippen LogP contribution in [-0.2, 0) is 7.05 Å². The number of rotatable bonds is 1. The van der Waals surface area contributed by atoms with Gasteiger partial charge in [-0.2, -0.15) is 0 Å². The molecule has 0 radical (unpaired) electrons. The van der Waals surface area contributed by atoms with Crippen molar-refractivity contribution in [2.45, 2.75) is 0 Å². The summed E-state index contributed by atoms with van der Waals surface area (Å²) in [4.78, 5) is 20.4. The lowest BCUT2D eigenvalue weighted by Gasteiger charge is -2.00. The molecule has 17 heavy (non-hydrogen) atoms. The molecule has 0 atom stereocenters. The average molecular weight is 226 g/mol. The molecule has 0 aliphatic heterocycles. The molecule has 0 aromatic carbocycles. The summed E-state index contributed by atoms with van der Waals surface area (Å²) >= 11 is 0. The lowest BCUT2D eigenvalue weighted by molar-refractivity contribution is 0.834. The molecule has 0 fully saturated rings. The van der Waals surface area contributed by atoms with Crippen LogP contribution in [0.4, 0.5) is 0 Å². The van der Waals surface area contributed by atoms with Gasteiger partial charge in [-0.05, 0) is 18.2 Å². The summed E-state index contributed by atoms with van der Waals surface area (Å²) in [5.41, 5.74) is 1.49. The monoisotopic (exact) mass is 226 g/mol. The fourth-order valence-corrected chi connectivity index (χ4v) is 1.90. The van der Waals surface area contributed by atoms with Crippen molar-refractivity contribution in [2.75, 3.05) is 0 Å². The van der Waals surface area contributed by atoms with Crippen molar-refractivity contribution in [1.82, 2.24) is 19.1 Å². The van der Waals surface area contributed by atoms with Crippen LogP contribution in [0.5, 0.6) is 0 Å². The predicted molar refractivity (Wildman–Crippen MR) is 64.1 cm³/mol. The molecule has 0 N–H and O–H groups in total. The van der Waals surface area contributed by atoms with Gasteiger partial charge in [0.1, 0.15) is 5.82 Å². The molecule has 0 amide bonds. The Morgan fingerprint density at radius 3 is 2.76 bits per heavy atom. The van der Waals surface area contributed by atoms with Crippen molar-refractivity contribution >= 4 is 11.0 Å². The zero-order valence-electron chi connectivity index (χ0n) is 9.24. The van der Waals surface area contributed by atoms with E-state index in [9.17, 15) is 4.79 Å². The van der Waals surface area contributed by atoms with Gasteiger partial charge in [0, 0.05) is 19.4 Å². The van der Waals surface area contributed by atoms with Gasteiger partial charge in [-0.15, -0.1) is 0 Å². The van der Waals surface area contributed by atoms with E-state index in [2.05, 4.69) is 9.97 Å². The maximum Gasteiger partial charge on any atom is 0.334 e. The third-order valence-corrected chi connectivity index (χ3v) is 2.74. The topological polar surface area (TPSA) is 52.7 Å². The molecular weight excluding hydrogens is 216 g/mol. The highest BCUT2D eigenvalue weighted by Crippen LogP contribution is 2.13. The summed E-state index contributed by atoms with van der Waals surface area (Å²) in [7, 11) is 1.74. The molecule has 0 aliphatic carbocycles. The van der Waals surface area contributed by atoms with Gasteiger partial charge in [0.15, 0.2) is 0 Å². The normalized spacial score (nSPS) is 10.9. The van der Waals surface area contributed by atoms with Gasteiger partial charge >= 0.3 is 5.69 Å².